The molecule has 0 saturated carbocycles. The topological polar surface area (TPSA) is 77.6 Å². The van der Waals surface area contributed by atoms with Crippen molar-refractivity contribution in [1.82, 2.24) is 14.0 Å². The largest absolute Gasteiger partial charge is 0.497 e. The van der Waals surface area contributed by atoms with E-state index in [0.717, 1.165) is 0 Å². The molecule has 0 saturated heterocycles. The molecule has 33 heavy (non-hydrogen) atoms. The van der Waals surface area contributed by atoms with Gasteiger partial charge in [0.2, 0.25) is 11.7 Å². The van der Waals surface area contributed by atoms with Crippen LogP contribution >= 0.6 is 0 Å². The Morgan fingerprint density at radius 3 is 2.39 bits per heavy atom. The fourth-order valence-electron chi connectivity index (χ4n) is 3.81. The Morgan fingerprint density at radius 1 is 1.00 bits per heavy atom. The van der Waals surface area contributed by atoms with Crippen molar-refractivity contribution in [1.29, 1.82) is 0 Å². The molecule has 2 aromatic heterocycles. The molecule has 164 valence electrons. The maximum atomic E-state index is 13.4. The minimum absolute atomic E-state index is 0.0532. The van der Waals surface area contributed by atoms with Gasteiger partial charge in [-0.05, 0) is 60.7 Å². The van der Waals surface area contributed by atoms with Crippen LogP contribution in [0.15, 0.2) is 83.7 Å². The maximum Gasteiger partial charge on any atom is 0.260 e. The molecule has 3 aromatic carbocycles. The van der Waals surface area contributed by atoms with E-state index in [4.69, 9.17) is 4.74 Å². The Kier molecular flexibility index (Phi) is 5.10. The molecular weight excluding hydrogens is 423 g/mol. The molecule has 0 radical (unpaired) electrons. The maximum absolute atomic E-state index is 13.4. The van der Waals surface area contributed by atoms with Gasteiger partial charge in [0, 0.05) is 17.3 Å². The molecule has 0 fully saturated rings. The second kappa shape index (κ2) is 8.23. The number of rotatable bonds is 5. The lowest BCUT2D eigenvalue weighted by Gasteiger charge is -2.09. The Hall–Kier alpha value is -4.46. The summed E-state index contributed by atoms with van der Waals surface area (Å²) in [6, 6.07) is 21.5. The number of carbonyl (C=O) groups excluding carboxylic acids is 1. The summed E-state index contributed by atoms with van der Waals surface area (Å²) in [6.45, 7) is -0.0532. The predicted molar refractivity (Wildman–Crippen MR) is 124 cm³/mol. The lowest BCUT2D eigenvalue weighted by Crippen LogP contribution is -2.20. The van der Waals surface area contributed by atoms with Gasteiger partial charge in [-0.3, -0.25) is 9.59 Å². The van der Waals surface area contributed by atoms with Gasteiger partial charge in [0.15, 0.2) is 0 Å². The summed E-state index contributed by atoms with van der Waals surface area (Å²) in [7, 11) is 1.57. The minimum atomic E-state index is -0.374. The number of carbonyl (C=O) groups is 1. The summed E-state index contributed by atoms with van der Waals surface area (Å²) >= 11 is 0. The summed E-state index contributed by atoms with van der Waals surface area (Å²) in [6.07, 6.45) is 0. The number of imidazole rings is 1. The van der Waals surface area contributed by atoms with Gasteiger partial charge in [-0.25, -0.2) is 13.8 Å². The standard InChI is InChI=1S/C25H19FN4O3/c1-33-19-12-10-18(11-13-19)27-23(31)15-29-21-4-2-3-5-22(21)30-24(32)14-20(28-25(29)30)16-6-8-17(26)9-7-16/h2-14H,15H2,1H3,(H,27,31). The first-order chi connectivity index (χ1) is 16.0. The van der Waals surface area contributed by atoms with E-state index in [1.165, 1.54) is 22.6 Å². The normalized spacial score (nSPS) is 11.1. The van der Waals surface area contributed by atoms with Crippen LogP contribution in [0.2, 0.25) is 0 Å². The number of para-hydroxylation sites is 2. The molecule has 0 spiro atoms. The van der Waals surface area contributed by atoms with Crippen LogP contribution in [-0.2, 0) is 11.3 Å². The van der Waals surface area contributed by atoms with Crippen molar-refractivity contribution in [2.45, 2.75) is 6.54 Å². The molecule has 2 heterocycles. The van der Waals surface area contributed by atoms with E-state index in [0.29, 0.717) is 39.5 Å². The number of hydrogen-bond acceptors (Lipinski definition) is 4. The zero-order valence-electron chi connectivity index (χ0n) is 17.7. The number of benzene rings is 3. The van der Waals surface area contributed by atoms with E-state index < -0.39 is 0 Å². The van der Waals surface area contributed by atoms with E-state index in [2.05, 4.69) is 10.3 Å². The second-order valence-electron chi connectivity index (χ2n) is 7.47. The van der Waals surface area contributed by atoms with Crippen molar-refractivity contribution < 1.29 is 13.9 Å². The average Bonchev–Trinajstić information content (AvgIpc) is 3.14. The minimum Gasteiger partial charge on any atom is -0.497 e. The summed E-state index contributed by atoms with van der Waals surface area (Å²) < 4.78 is 21.7. The summed E-state index contributed by atoms with van der Waals surface area (Å²) in [5, 5.41) is 2.86. The molecule has 0 aliphatic rings. The number of methoxy groups -OCH3 is 1. The van der Waals surface area contributed by atoms with Crippen molar-refractivity contribution in [2.75, 3.05) is 12.4 Å². The van der Waals surface area contributed by atoms with Gasteiger partial charge in [-0.2, -0.15) is 0 Å². The number of amides is 1. The molecule has 5 rings (SSSR count). The number of hydrogen-bond donors (Lipinski definition) is 1. The molecule has 8 heteroatoms. The van der Waals surface area contributed by atoms with E-state index in [-0.39, 0.29) is 23.8 Å². The third-order valence-corrected chi connectivity index (χ3v) is 5.37. The van der Waals surface area contributed by atoms with Crippen LogP contribution in [0, 0.1) is 5.82 Å². The number of nitrogens with one attached hydrogen (secondary N) is 1. The van der Waals surface area contributed by atoms with Crippen LogP contribution in [0.25, 0.3) is 28.1 Å². The van der Waals surface area contributed by atoms with E-state index >= 15 is 0 Å². The van der Waals surface area contributed by atoms with Gasteiger partial charge in [0.05, 0.1) is 23.8 Å². The molecule has 0 atom stereocenters. The first-order valence-electron chi connectivity index (χ1n) is 10.2. The highest BCUT2D eigenvalue weighted by Crippen LogP contribution is 2.22. The molecule has 1 N–H and O–H groups in total. The van der Waals surface area contributed by atoms with Gasteiger partial charge >= 0.3 is 0 Å². The molecular formula is C25H19FN4O3. The van der Waals surface area contributed by atoms with Gasteiger partial charge < -0.3 is 14.6 Å². The Labute approximate surface area is 187 Å². The van der Waals surface area contributed by atoms with Crippen LogP contribution in [0.3, 0.4) is 0 Å². The summed E-state index contributed by atoms with van der Waals surface area (Å²) in [5.41, 5.74) is 2.69. The summed E-state index contributed by atoms with van der Waals surface area (Å²) in [4.78, 5) is 30.6. The highest BCUT2D eigenvalue weighted by atomic mass is 19.1. The SMILES string of the molecule is COc1ccc(NC(=O)Cn2c3ccccc3n3c(=O)cc(-c4ccc(F)cc4)nc23)cc1. The molecule has 5 aromatic rings. The van der Waals surface area contributed by atoms with Crippen LogP contribution in [0.4, 0.5) is 10.1 Å². The third-order valence-electron chi connectivity index (χ3n) is 5.37. The van der Waals surface area contributed by atoms with Crippen LogP contribution < -0.4 is 15.6 Å². The molecule has 0 unspecified atom stereocenters. The molecule has 0 aliphatic heterocycles. The van der Waals surface area contributed by atoms with Crippen molar-refractivity contribution in [2.24, 2.45) is 0 Å². The highest BCUT2D eigenvalue weighted by Gasteiger charge is 2.17. The van der Waals surface area contributed by atoms with Crippen LogP contribution in [0.5, 0.6) is 5.75 Å². The lowest BCUT2D eigenvalue weighted by molar-refractivity contribution is -0.116. The third kappa shape index (κ3) is 3.82. The first-order valence-corrected chi connectivity index (χ1v) is 10.2. The molecule has 7 nitrogen and oxygen atoms in total. The van der Waals surface area contributed by atoms with Crippen molar-refractivity contribution >= 4 is 28.4 Å². The van der Waals surface area contributed by atoms with Crippen molar-refractivity contribution in [3.63, 3.8) is 0 Å². The van der Waals surface area contributed by atoms with Gasteiger partial charge in [0.1, 0.15) is 18.1 Å². The van der Waals surface area contributed by atoms with Gasteiger partial charge in [-0.15, -0.1) is 0 Å². The average molecular weight is 442 g/mol. The van der Waals surface area contributed by atoms with Crippen LogP contribution in [-0.4, -0.2) is 27.0 Å². The smallest absolute Gasteiger partial charge is 0.260 e. The fourth-order valence-corrected chi connectivity index (χ4v) is 3.81. The monoisotopic (exact) mass is 442 g/mol. The quantitative estimate of drug-likeness (QED) is 0.445. The Bertz CT molecular complexity index is 1540. The van der Waals surface area contributed by atoms with E-state index in [1.54, 1.807) is 54.1 Å². The van der Waals surface area contributed by atoms with E-state index in [1.807, 2.05) is 18.2 Å². The highest BCUT2D eigenvalue weighted by molar-refractivity contribution is 5.92. The predicted octanol–water partition coefficient (Wildman–Crippen LogP) is 4.10. The fraction of sp³-hybridized carbons (Fsp3) is 0.0800. The number of ether oxygens (including phenoxy) is 1. The Morgan fingerprint density at radius 2 is 1.70 bits per heavy atom. The summed E-state index contributed by atoms with van der Waals surface area (Å²) in [5.74, 6) is 0.367. The van der Waals surface area contributed by atoms with Crippen molar-refractivity contribution in [3.05, 3.63) is 95.0 Å². The van der Waals surface area contributed by atoms with Crippen molar-refractivity contribution in [3.8, 4) is 17.0 Å². The molecule has 0 bridgehead atoms. The first kappa shape index (κ1) is 20.4. The number of halogens is 1. The van der Waals surface area contributed by atoms with Gasteiger partial charge in [0.25, 0.3) is 5.56 Å². The number of anilines is 1. The molecule has 1 amide bonds. The lowest BCUT2D eigenvalue weighted by atomic mass is 10.1. The van der Waals surface area contributed by atoms with Crippen LogP contribution in [0.1, 0.15) is 0 Å². The van der Waals surface area contributed by atoms with E-state index in [9.17, 15) is 14.0 Å². The number of fused-ring (bicyclic) bond motifs is 3. The number of nitrogens with zero attached hydrogens (tertiary/aromatic N) is 3. The zero-order valence-corrected chi connectivity index (χ0v) is 17.7. The zero-order chi connectivity index (χ0) is 22.9. The second-order valence-corrected chi connectivity index (χ2v) is 7.47. The Balaban J connectivity index is 1.59. The van der Waals surface area contributed by atoms with Gasteiger partial charge in [-0.1, -0.05) is 12.1 Å². The number of aromatic nitrogens is 3. The molecule has 0 aliphatic carbocycles.